The number of nitrogens with zero attached hydrogens (tertiary/aromatic N) is 8. The normalized spacial score (nSPS) is 10.8. The summed E-state index contributed by atoms with van der Waals surface area (Å²) in [6.45, 7) is 0. The predicted molar refractivity (Wildman–Crippen MR) is 177 cm³/mol. The molecule has 8 bridgehead atoms. The van der Waals surface area contributed by atoms with Crippen LogP contribution < -0.4 is 128 Å². The van der Waals surface area contributed by atoms with Crippen LogP contribution in [0.1, 0.15) is 0 Å². The molecule has 2 aliphatic rings. The van der Waals surface area contributed by atoms with Crippen molar-refractivity contribution < 1.29 is 135 Å². The first-order chi connectivity index (χ1) is 21.4. The number of rotatable bonds is 0. The number of hydrogen-bond acceptors (Lipinski definition) is 10. The number of fused-ring (bicyclic) bond motifs is 20. The van der Waals surface area contributed by atoms with Crippen LogP contribution in [0.4, 0.5) is 0 Å². The van der Waals surface area contributed by atoms with E-state index in [1.54, 1.807) is 0 Å². The summed E-state index contributed by atoms with van der Waals surface area (Å²) in [5.74, 6) is 1.77. The van der Waals surface area contributed by atoms with Crippen LogP contribution in [0.3, 0.4) is 0 Å². The Bertz CT molecular complexity index is 2420. The molecule has 17 heteroatoms. The Morgan fingerprint density at radius 2 is 0.653 bits per heavy atom. The van der Waals surface area contributed by atoms with Gasteiger partial charge in [0.1, 0.15) is 0 Å². The molecule has 219 valence electrons. The zero-order valence-electron chi connectivity index (χ0n) is 26.4. The summed E-state index contributed by atoms with van der Waals surface area (Å²) in [4.78, 5) is 41.8. The van der Waals surface area contributed by atoms with E-state index in [9.17, 15) is 0 Å². The molecule has 0 amide bonds. The van der Waals surface area contributed by atoms with Crippen molar-refractivity contribution >= 4 is 94.6 Å². The molecule has 7 aromatic rings. The van der Waals surface area contributed by atoms with Gasteiger partial charge in [-0.1, -0.05) is 72.8 Å². The van der Waals surface area contributed by atoms with Crippen molar-refractivity contribution in [3.63, 3.8) is 0 Å². The maximum atomic E-state index is 5.51. The van der Waals surface area contributed by atoms with E-state index in [1.807, 2.05) is 72.8 Å². The van der Waals surface area contributed by atoms with Crippen molar-refractivity contribution in [1.82, 2.24) is 39.9 Å². The van der Waals surface area contributed by atoms with Gasteiger partial charge in [-0.25, -0.2) is 9.97 Å². The van der Waals surface area contributed by atoms with Crippen molar-refractivity contribution in [2.75, 3.05) is 0 Å². The fourth-order valence-corrected chi connectivity index (χ4v) is 6.32. The molecule has 3 aromatic heterocycles. The Balaban J connectivity index is 0.00000108. The third-order valence-corrected chi connectivity index (χ3v) is 8.60. The smallest absolute Gasteiger partial charge is 0.780 e. The van der Waals surface area contributed by atoms with Crippen LogP contribution >= 0.6 is 0 Å². The predicted octanol–water partition coefficient (Wildman–Crippen LogP) is -6.24. The average molecular weight is 792 g/mol. The number of aromatic nitrogens is 8. The minimum atomic E-state index is 0. The van der Waals surface area contributed by atoms with Crippen molar-refractivity contribution in [3.05, 3.63) is 72.8 Å². The Morgan fingerprint density at radius 3 is 1.04 bits per heavy atom. The molecule has 0 aliphatic carbocycles. The Kier molecular flexibility index (Phi) is 13.8. The van der Waals surface area contributed by atoms with E-state index in [4.69, 9.17) is 90.4 Å². The first-order valence-corrected chi connectivity index (χ1v) is 15.0. The van der Waals surface area contributed by atoms with Gasteiger partial charge in [0.05, 0.1) is 23.3 Å². The first-order valence-electron chi connectivity index (χ1n) is 13.3. The minimum Gasteiger partial charge on any atom is -0.780 e. The summed E-state index contributed by atoms with van der Waals surface area (Å²) in [5, 5.41) is 3.08. The SMILES string of the molecule is [Cu+2].[Na+].[Na+].[Na+].[Na+].[S-]c1ccc2c(c1)-c1nc-2nc2[n-]c(nc3nc(nc4[n-]c(n1)c1ccc([S-])cc41)-c1ccc([S-])cc1-3)c1ccc([S-])cc21. The van der Waals surface area contributed by atoms with E-state index in [2.05, 4.69) is 0 Å². The topological polar surface area (TPSA) is 106 Å². The molecule has 4 aromatic carbocycles. The maximum Gasteiger partial charge on any atom is 2.00 e. The van der Waals surface area contributed by atoms with Crippen LogP contribution in [-0.2, 0) is 67.6 Å². The average Bonchev–Trinajstić information content (AvgIpc) is 3.71. The molecule has 2 aliphatic heterocycles. The van der Waals surface area contributed by atoms with Crippen LogP contribution in [0, 0.1) is 0 Å². The Morgan fingerprint density at radius 1 is 0.347 bits per heavy atom. The van der Waals surface area contributed by atoms with E-state index in [0.29, 0.717) is 65.5 Å². The summed E-state index contributed by atoms with van der Waals surface area (Å²) in [6.07, 6.45) is 0. The van der Waals surface area contributed by atoms with Crippen molar-refractivity contribution in [2.45, 2.75) is 19.6 Å². The summed E-state index contributed by atoms with van der Waals surface area (Å²) in [5.41, 5.74) is 4.85. The van der Waals surface area contributed by atoms with Crippen molar-refractivity contribution in [1.29, 1.82) is 0 Å². The van der Waals surface area contributed by atoms with Gasteiger partial charge >= 0.3 is 135 Å². The van der Waals surface area contributed by atoms with Gasteiger partial charge in [-0.2, -0.15) is 19.6 Å². The molecule has 49 heavy (non-hydrogen) atoms. The Hall–Kier alpha value is -0.361. The zero-order chi connectivity index (χ0) is 29.7. The standard InChI is InChI=1S/C32H16N8S4.Cu.4Na/c41-13-1-5-17-21(9-13)29-33-25(17)37-30-22-10-14(42)2-6-18(22)27(34-30)39-32-24-12-16(44)4-8-20(24)28(36-32)40-31-23-11-15(43)3-7-19(23)26(35-31)38-29;;;;;/h1-12H,(H4-2,33,34,35,36,37,38,39,40,41,42,43,44);;;;;/q-2;+2;4*+1/p-4. The molecule has 0 fully saturated rings. The monoisotopic (exact) mass is 791 g/mol. The van der Waals surface area contributed by atoms with Gasteiger partial charge in [0.25, 0.3) is 0 Å². The van der Waals surface area contributed by atoms with Crippen LogP contribution in [0.5, 0.6) is 0 Å². The molecule has 0 saturated carbocycles. The third-order valence-electron chi connectivity index (χ3n) is 7.59. The molecule has 0 N–H and O–H groups in total. The molecule has 0 saturated heterocycles. The fraction of sp³-hybridized carbons (Fsp3) is 0. The van der Waals surface area contributed by atoms with Crippen LogP contribution in [0.15, 0.2) is 92.4 Å². The van der Waals surface area contributed by atoms with Crippen molar-refractivity contribution in [3.8, 4) is 45.6 Å². The van der Waals surface area contributed by atoms with Crippen molar-refractivity contribution in [2.24, 2.45) is 0 Å². The number of benzene rings is 4. The summed E-state index contributed by atoms with van der Waals surface area (Å²) < 4.78 is 0. The second-order valence-corrected chi connectivity index (χ2v) is 12.2. The van der Waals surface area contributed by atoms with Gasteiger partial charge in [-0.15, -0.1) is 0 Å². The minimum absolute atomic E-state index is 0. The van der Waals surface area contributed by atoms with Crippen LogP contribution in [0.25, 0.3) is 89.7 Å². The Labute approximate surface area is 401 Å². The molecule has 0 atom stereocenters. The van der Waals surface area contributed by atoms with Crippen LogP contribution in [-0.4, -0.2) is 29.9 Å². The summed E-state index contributed by atoms with van der Waals surface area (Å²) >= 11 is 22.0. The first kappa shape index (κ1) is 41.4. The molecule has 0 spiro atoms. The van der Waals surface area contributed by atoms with Gasteiger partial charge in [0, 0.05) is 44.8 Å². The quantitative estimate of drug-likeness (QED) is 0.108. The maximum absolute atomic E-state index is 5.51. The van der Waals surface area contributed by atoms with Gasteiger partial charge in [0.15, 0.2) is 0 Å². The number of hydrogen-bond donors (Lipinski definition) is 0. The molecule has 9 rings (SSSR count). The van der Waals surface area contributed by atoms with Gasteiger partial charge in [0.2, 0.25) is 0 Å². The molecular formula is C32H12CuN8Na4S4. The van der Waals surface area contributed by atoms with E-state index >= 15 is 0 Å². The van der Waals surface area contributed by atoms with E-state index in [1.165, 1.54) is 0 Å². The van der Waals surface area contributed by atoms with E-state index in [-0.39, 0.29) is 135 Å². The van der Waals surface area contributed by atoms with Crippen LogP contribution in [0.2, 0.25) is 0 Å². The third kappa shape index (κ3) is 7.42. The second-order valence-electron chi connectivity index (χ2n) is 10.3. The largest absolute Gasteiger partial charge is 2.00 e. The fourth-order valence-electron chi connectivity index (χ4n) is 5.58. The van der Waals surface area contributed by atoms with Gasteiger partial charge in [-0.05, 0) is 21.5 Å². The molecule has 1 radical (unpaired) electrons. The van der Waals surface area contributed by atoms with Gasteiger partial charge in [-0.3, -0.25) is 0 Å². The van der Waals surface area contributed by atoms with Gasteiger partial charge < -0.3 is 80.4 Å². The second kappa shape index (κ2) is 16.3. The molecule has 5 heterocycles. The molecule has 0 unspecified atom stereocenters. The summed E-state index contributed by atoms with van der Waals surface area (Å²) in [6, 6.07) is 22.5. The molecular weight excluding hydrogens is 780 g/mol. The van der Waals surface area contributed by atoms with E-state index in [0.717, 1.165) is 43.8 Å². The van der Waals surface area contributed by atoms with E-state index < -0.39 is 0 Å². The molecule has 8 nitrogen and oxygen atoms in total. The summed E-state index contributed by atoms with van der Waals surface area (Å²) in [7, 11) is 0. The zero-order valence-corrected chi connectivity index (χ0v) is 38.6.